The predicted molar refractivity (Wildman–Crippen MR) is 60.6 cm³/mol. The fraction of sp³-hybridized carbons (Fsp3) is 0.364. The molecule has 106 valence electrons. The van der Waals surface area contributed by atoms with Crippen molar-refractivity contribution in [2.45, 2.75) is 24.8 Å². The Labute approximate surface area is 106 Å². The zero-order chi connectivity index (χ0) is 14.8. The van der Waals surface area contributed by atoms with Gasteiger partial charge in [-0.2, -0.15) is 13.2 Å². The molecule has 0 saturated heterocycles. The van der Waals surface area contributed by atoms with Crippen LogP contribution < -0.4 is 11.5 Å². The van der Waals surface area contributed by atoms with Crippen LogP contribution >= 0.6 is 0 Å². The van der Waals surface area contributed by atoms with Gasteiger partial charge in [-0.25, -0.2) is 0 Å². The molecule has 2 unspecified atom stereocenters. The Hall–Kier alpha value is -1.80. The fourth-order valence-electron chi connectivity index (χ4n) is 1.67. The van der Waals surface area contributed by atoms with Gasteiger partial charge in [0, 0.05) is 11.3 Å². The molecule has 0 spiro atoms. The van der Waals surface area contributed by atoms with Gasteiger partial charge in [-0.15, -0.1) is 0 Å². The molecule has 0 aromatic heterocycles. The van der Waals surface area contributed by atoms with Crippen LogP contribution in [0.4, 0.5) is 18.9 Å². The van der Waals surface area contributed by atoms with Gasteiger partial charge in [-0.05, 0) is 12.1 Å². The summed E-state index contributed by atoms with van der Waals surface area (Å²) >= 11 is 0. The van der Waals surface area contributed by atoms with Crippen molar-refractivity contribution in [1.82, 2.24) is 0 Å². The zero-order valence-corrected chi connectivity index (χ0v) is 9.69. The normalized spacial score (nSPS) is 15.0. The van der Waals surface area contributed by atoms with Gasteiger partial charge in [0.05, 0.1) is 18.1 Å². The Bertz CT molecular complexity index is 477. The summed E-state index contributed by atoms with van der Waals surface area (Å²) in [6.45, 7) is 0. The van der Waals surface area contributed by atoms with Gasteiger partial charge in [0.2, 0.25) is 5.91 Å². The first kappa shape index (κ1) is 15.3. The highest BCUT2D eigenvalue weighted by Gasteiger charge is 2.37. The highest BCUT2D eigenvalue weighted by molar-refractivity contribution is 5.74. The monoisotopic (exact) mass is 278 g/mol. The van der Waals surface area contributed by atoms with Crippen LogP contribution in [0.15, 0.2) is 18.2 Å². The highest BCUT2D eigenvalue weighted by atomic mass is 19.4. The highest BCUT2D eigenvalue weighted by Crippen LogP contribution is 2.38. The smallest absolute Gasteiger partial charge is 0.398 e. The third-order valence-electron chi connectivity index (χ3n) is 2.52. The van der Waals surface area contributed by atoms with E-state index in [0.717, 1.165) is 18.2 Å². The molecule has 2 atom stereocenters. The maximum atomic E-state index is 12.8. The number of carbonyl (C=O) groups is 1. The molecule has 19 heavy (non-hydrogen) atoms. The number of rotatable bonds is 4. The zero-order valence-electron chi connectivity index (χ0n) is 9.69. The number of hydrogen-bond donors (Lipinski definition) is 4. The van der Waals surface area contributed by atoms with Crippen molar-refractivity contribution in [3.63, 3.8) is 0 Å². The Morgan fingerprint density at radius 3 is 2.37 bits per heavy atom. The Kier molecular flexibility index (Phi) is 4.38. The summed E-state index contributed by atoms with van der Waals surface area (Å²) in [4.78, 5) is 10.6. The second-order valence-corrected chi connectivity index (χ2v) is 3.99. The molecule has 0 heterocycles. The number of aliphatic hydroxyl groups is 2. The molecular weight excluding hydrogens is 265 g/mol. The maximum Gasteiger partial charge on any atom is 0.416 e. The van der Waals surface area contributed by atoms with E-state index in [4.69, 9.17) is 11.5 Å². The van der Waals surface area contributed by atoms with Crippen molar-refractivity contribution in [3.05, 3.63) is 29.3 Å². The summed E-state index contributed by atoms with van der Waals surface area (Å²) in [5, 5.41) is 19.2. The topological polar surface area (TPSA) is 110 Å². The molecule has 1 amide bonds. The molecule has 6 N–H and O–H groups in total. The predicted octanol–water partition coefficient (Wildman–Crippen LogP) is 0.557. The lowest BCUT2D eigenvalue weighted by Crippen LogP contribution is -2.28. The summed E-state index contributed by atoms with van der Waals surface area (Å²) in [5.41, 5.74) is 8.05. The number of carbonyl (C=O) groups excluding carboxylic acids is 1. The average molecular weight is 278 g/mol. The third-order valence-corrected chi connectivity index (χ3v) is 2.52. The number of primary amides is 1. The number of aliphatic hydroxyl groups excluding tert-OH is 2. The van der Waals surface area contributed by atoms with Gasteiger partial charge in [-0.1, -0.05) is 6.07 Å². The van der Waals surface area contributed by atoms with Gasteiger partial charge in [0.25, 0.3) is 0 Å². The molecule has 0 radical (unpaired) electrons. The molecule has 0 bridgehead atoms. The number of halogens is 3. The first-order valence-electron chi connectivity index (χ1n) is 5.24. The molecule has 1 rings (SSSR count). The lowest BCUT2D eigenvalue weighted by atomic mass is 9.95. The van der Waals surface area contributed by atoms with Crippen molar-refractivity contribution in [2.24, 2.45) is 5.73 Å². The van der Waals surface area contributed by atoms with Crippen molar-refractivity contribution in [3.8, 4) is 0 Å². The van der Waals surface area contributed by atoms with E-state index in [2.05, 4.69) is 0 Å². The summed E-state index contributed by atoms with van der Waals surface area (Å²) < 4.78 is 38.3. The third kappa shape index (κ3) is 3.58. The number of amides is 1. The molecule has 0 aliphatic carbocycles. The lowest BCUT2D eigenvalue weighted by molar-refractivity contribution is -0.140. The van der Waals surface area contributed by atoms with Crippen LogP contribution in [0.1, 0.15) is 23.7 Å². The number of nitrogen functional groups attached to an aromatic ring is 1. The van der Waals surface area contributed by atoms with Crippen LogP contribution in [0.25, 0.3) is 0 Å². The minimum Gasteiger partial charge on any atom is -0.398 e. The van der Waals surface area contributed by atoms with Crippen LogP contribution in [-0.2, 0) is 11.0 Å². The van der Waals surface area contributed by atoms with Gasteiger partial charge in [0.1, 0.15) is 6.10 Å². The van der Waals surface area contributed by atoms with Gasteiger partial charge < -0.3 is 21.7 Å². The fourth-order valence-corrected chi connectivity index (χ4v) is 1.67. The summed E-state index contributed by atoms with van der Waals surface area (Å²) in [6.07, 6.45) is -9.13. The summed E-state index contributed by atoms with van der Waals surface area (Å²) in [5.74, 6) is -0.949. The second kappa shape index (κ2) is 5.45. The van der Waals surface area contributed by atoms with E-state index in [1.807, 2.05) is 0 Å². The number of hydrogen-bond acceptors (Lipinski definition) is 4. The minimum absolute atomic E-state index is 0.328. The average Bonchev–Trinajstić information content (AvgIpc) is 2.25. The SMILES string of the molecule is NC(=O)CC(O)C(O)c1c(N)cccc1C(F)(F)F. The van der Waals surface area contributed by atoms with Crippen molar-refractivity contribution < 1.29 is 28.2 Å². The molecule has 8 heteroatoms. The first-order chi connectivity index (χ1) is 8.64. The van der Waals surface area contributed by atoms with Crippen LogP contribution in [-0.4, -0.2) is 22.2 Å². The molecule has 0 fully saturated rings. The van der Waals surface area contributed by atoms with Crippen molar-refractivity contribution in [1.29, 1.82) is 0 Å². The maximum absolute atomic E-state index is 12.8. The molecule has 5 nitrogen and oxygen atoms in total. The van der Waals surface area contributed by atoms with Crippen LogP contribution in [0.5, 0.6) is 0 Å². The molecule has 1 aromatic carbocycles. The summed E-state index contributed by atoms with van der Waals surface area (Å²) in [7, 11) is 0. The summed E-state index contributed by atoms with van der Waals surface area (Å²) in [6, 6.07) is 2.96. The molecule has 1 aromatic rings. The van der Waals surface area contributed by atoms with Crippen LogP contribution in [0.2, 0.25) is 0 Å². The van der Waals surface area contributed by atoms with Gasteiger partial charge in [0.15, 0.2) is 0 Å². The number of alkyl halides is 3. The van der Waals surface area contributed by atoms with Gasteiger partial charge >= 0.3 is 6.18 Å². The van der Waals surface area contributed by atoms with Crippen LogP contribution in [0, 0.1) is 0 Å². The van der Waals surface area contributed by atoms with E-state index in [0.29, 0.717) is 0 Å². The molecule has 0 saturated carbocycles. The van der Waals surface area contributed by atoms with E-state index in [1.54, 1.807) is 0 Å². The van der Waals surface area contributed by atoms with Gasteiger partial charge in [-0.3, -0.25) is 4.79 Å². The van der Waals surface area contributed by atoms with E-state index in [1.165, 1.54) is 0 Å². The van der Waals surface area contributed by atoms with E-state index >= 15 is 0 Å². The Morgan fingerprint density at radius 2 is 1.89 bits per heavy atom. The second-order valence-electron chi connectivity index (χ2n) is 3.99. The Balaban J connectivity index is 3.22. The van der Waals surface area contributed by atoms with E-state index in [-0.39, 0.29) is 5.69 Å². The number of anilines is 1. The first-order valence-corrected chi connectivity index (χ1v) is 5.24. The quantitative estimate of drug-likeness (QED) is 0.603. The van der Waals surface area contributed by atoms with Crippen molar-refractivity contribution in [2.75, 3.05) is 5.73 Å². The van der Waals surface area contributed by atoms with Crippen molar-refractivity contribution >= 4 is 11.6 Å². The largest absolute Gasteiger partial charge is 0.416 e. The molecule has 0 aliphatic rings. The van der Waals surface area contributed by atoms with E-state index in [9.17, 15) is 28.2 Å². The Morgan fingerprint density at radius 1 is 1.32 bits per heavy atom. The van der Waals surface area contributed by atoms with E-state index < -0.39 is 41.8 Å². The standard InChI is InChI=1S/C11H13F3N2O3/c12-11(13,14)5-2-1-3-6(15)9(5)10(19)7(17)4-8(16)18/h1-3,7,10,17,19H,4,15H2,(H2,16,18). The number of nitrogens with two attached hydrogens (primary N) is 2. The molecular formula is C11H13F3N2O3. The lowest BCUT2D eigenvalue weighted by Gasteiger charge is -2.22. The minimum atomic E-state index is -4.74. The van der Waals surface area contributed by atoms with Crippen LogP contribution in [0.3, 0.4) is 0 Å². The number of benzene rings is 1. The molecule has 0 aliphatic heterocycles.